The molecule has 0 radical (unpaired) electrons. The van der Waals surface area contributed by atoms with Crippen LogP contribution in [0.4, 0.5) is 17.6 Å². The van der Waals surface area contributed by atoms with E-state index >= 15 is 0 Å². The van der Waals surface area contributed by atoms with Gasteiger partial charge in [0.05, 0.1) is 0 Å². The standard InChI is InChI=1S/C2H2F4O2S.Na/c3-1(4)2(5,6)9(7)8;/h1H,(H,7,8);/q;+1/p-1. The van der Waals surface area contributed by atoms with Crippen molar-refractivity contribution in [3.8, 4) is 0 Å². The third kappa shape index (κ3) is 3.29. The minimum absolute atomic E-state index is 0. The molecule has 0 spiro atoms. The smallest absolute Gasteiger partial charge is 0.768 e. The summed E-state index contributed by atoms with van der Waals surface area (Å²) >= 11 is -4.04. The molecule has 1 unspecified atom stereocenters. The maximum Gasteiger partial charge on any atom is 1.00 e. The topological polar surface area (TPSA) is 40.1 Å². The van der Waals surface area contributed by atoms with E-state index in [4.69, 9.17) is 0 Å². The van der Waals surface area contributed by atoms with Crippen LogP contribution in [-0.2, 0) is 11.1 Å². The van der Waals surface area contributed by atoms with Gasteiger partial charge >= 0.3 is 41.2 Å². The van der Waals surface area contributed by atoms with E-state index in [1.807, 2.05) is 0 Å². The molecule has 0 aliphatic carbocycles. The van der Waals surface area contributed by atoms with Crippen LogP contribution in [0.25, 0.3) is 0 Å². The van der Waals surface area contributed by atoms with Gasteiger partial charge in [-0.15, -0.1) is 0 Å². The summed E-state index contributed by atoms with van der Waals surface area (Å²) in [5, 5.41) is -4.92. The van der Waals surface area contributed by atoms with Crippen molar-refractivity contribution in [2.24, 2.45) is 0 Å². The first-order valence-electron chi connectivity index (χ1n) is 1.64. The maximum atomic E-state index is 11.3. The fourth-order valence-corrected chi connectivity index (χ4v) is 0.218. The monoisotopic (exact) mass is 188 g/mol. The molecule has 8 heteroatoms. The molecule has 1 atom stereocenters. The van der Waals surface area contributed by atoms with Gasteiger partial charge in [-0.3, -0.25) is 4.21 Å². The van der Waals surface area contributed by atoms with E-state index in [-0.39, 0.29) is 29.6 Å². The summed E-state index contributed by atoms with van der Waals surface area (Å²) in [6, 6.07) is 0. The summed E-state index contributed by atoms with van der Waals surface area (Å²) in [4.78, 5) is 0. The Bertz CT molecular complexity index is 128. The average molecular weight is 188 g/mol. The minimum Gasteiger partial charge on any atom is -0.768 e. The predicted octanol–water partition coefficient (Wildman–Crippen LogP) is -2.27. The summed E-state index contributed by atoms with van der Waals surface area (Å²) in [7, 11) is 0. The molecule has 0 saturated carbocycles. The molecule has 2 nitrogen and oxygen atoms in total. The molecule has 0 aromatic heterocycles. The van der Waals surface area contributed by atoms with Gasteiger partial charge in [-0.25, -0.2) is 8.78 Å². The fourth-order valence-electron chi connectivity index (χ4n) is 0.0727. The van der Waals surface area contributed by atoms with Crippen molar-refractivity contribution in [3.63, 3.8) is 0 Å². The largest absolute Gasteiger partial charge is 1.00 e. The van der Waals surface area contributed by atoms with Gasteiger partial charge in [0.25, 0.3) is 0 Å². The van der Waals surface area contributed by atoms with Crippen molar-refractivity contribution < 1.29 is 55.9 Å². The SMILES string of the molecule is O=S([O-])C(F)(F)C(F)F.[Na+]. The average Bonchev–Trinajstić information content (AvgIpc) is 1.65. The first-order chi connectivity index (χ1) is 3.89. The van der Waals surface area contributed by atoms with E-state index in [2.05, 4.69) is 0 Å². The first-order valence-corrected chi connectivity index (χ1v) is 2.72. The van der Waals surface area contributed by atoms with E-state index < -0.39 is 22.8 Å². The molecule has 0 aromatic carbocycles. The summed E-state index contributed by atoms with van der Waals surface area (Å²) < 4.78 is 62.9. The summed E-state index contributed by atoms with van der Waals surface area (Å²) in [5.74, 6) is 0. The van der Waals surface area contributed by atoms with Crippen molar-refractivity contribution >= 4 is 11.1 Å². The Kier molecular flexibility index (Phi) is 6.25. The molecule has 0 bridgehead atoms. The van der Waals surface area contributed by atoms with Gasteiger partial charge in [0, 0.05) is 11.1 Å². The Hall–Kier alpha value is 0.830. The molecule has 10 heavy (non-hydrogen) atoms. The van der Waals surface area contributed by atoms with Gasteiger partial charge in [-0.05, 0) is 0 Å². The van der Waals surface area contributed by atoms with E-state index in [1.54, 1.807) is 0 Å². The Morgan fingerprint density at radius 1 is 1.40 bits per heavy atom. The van der Waals surface area contributed by atoms with Crippen LogP contribution >= 0.6 is 0 Å². The molecule has 0 aromatic rings. The normalized spacial score (nSPS) is 14.6. The van der Waals surface area contributed by atoms with Crippen LogP contribution in [0.2, 0.25) is 0 Å². The Morgan fingerprint density at radius 3 is 1.70 bits per heavy atom. The third-order valence-corrected chi connectivity index (χ3v) is 1.10. The second-order valence-corrected chi connectivity index (χ2v) is 2.11. The molecule has 0 aliphatic heterocycles. The summed E-state index contributed by atoms with van der Waals surface area (Å²) in [6.45, 7) is 0. The molecule has 56 valence electrons. The Labute approximate surface area is 78.6 Å². The van der Waals surface area contributed by atoms with E-state index in [1.165, 1.54) is 0 Å². The van der Waals surface area contributed by atoms with Crippen LogP contribution in [0.3, 0.4) is 0 Å². The van der Waals surface area contributed by atoms with Crippen LogP contribution in [0.1, 0.15) is 0 Å². The number of halogens is 4. The van der Waals surface area contributed by atoms with E-state index in [0.717, 1.165) is 0 Å². The quantitative estimate of drug-likeness (QED) is 0.278. The summed E-state index contributed by atoms with van der Waals surface area (Å²) in [6.07, 6.45) is -4.16. The first kappa shape index (κ1) is 13.4. The van der Waals surface area contributed by atoms with Crippen molar-refractivity contribution in [1.29, 1.82) is 0 Å². The van der Waals surface area contributed by atoms with Crippen LogP contribution < -0.4 is 29.6 Å². The summed E-state index contributed by atoms with van der Waals surface area (Å²) in [5.41, 5.74) is 0. The molecule has 0 amide bonds. The van der Waals surface area contributed by atoms with Gasteiger partial charge in [0.1, 0.15) is 0 Å². The van der Waals surface area contributed by atoms with Gasteiger partial charge in [0.2, 0.25) is 0 Å². The number of rotatable bonds is 2. The third-order valence-electron chi connectivity index (χ3n) is 0.476. The van der Waals surface area contributed by atoms with Gasteiger partial charge < -0.3 is 4.55 Å². The predicted molar refractivity (Wildman–Crippen MR) is 19.9 cm³/mol. The Morgan fingerprint density at radius 2 is 1.70 bits per heavy atom. The van der Waals surface area contributed by atoms with Crippen molar-refractivity contribution in [2.45, 2.75) is 11.7 Å². The van der Waals surface area contributed by atoms with Gasteiger partial charge in [-0.1, -0.05) is 0 Å². The Balaban J connectivity index is 0. The van der Waals surface area contributed by atoms with Crippen molar-refractivity contribution in [3.05, 3.63) is 0 Å². The van der Waals surface area contributed by atoms with Crippen LogP contribution in [-0.4, -0.2) is 20.4 Å². The zero-order valence-electron chi connectivity index (χ0n) is 4.81. The zero-order valence-corrected chi connectivity index (χ0v) is 7.63. The molecule has 0 aliphatic rings. The zero-order chi connectivity index (χ0) is 7.65. The van der Waals surface area contributed by atoms with E-state index in [0.29, 0.717) is 0 Å². The van der Waals surface area contributed by atoms with Crippen LogP contribution in [0.15, 0.2) is 0 Å². The number of alkyl halides is 4. The van der Waals surface area contributed by atoms with Gasteiger partial charge in [0.15, 0.2) is 0 Å². The molecule has 0 heterocycles. The maximum absolute atomic E-state index is 11.3. The second kappa shape index (κ2) is 4.66. The molecule has 0 N–H and O–H groups in total. The molecule has 0 fully saturated rings. The van der Waals surface area contributed by atoms with Crippen molar-refractivity contribution in [2.75, 3.05) is 0 Å². The second-order valence-electron chi connectivity index (χ2n) is 1.10. The molecule has 0 saturated heterocycles. The molecule has 0 rings (SSSR count). The van der Waals surface area contributed by atoms with Crippen molar-refractivity contribution in [1.82, 2.24) is 0 Å². The van der Waals surface area contributed by atoms with Gasteiger partial charge in [-0.2, -0.15) is 8.78 Å². The van der Waals surface area contributed by atoms with E-state index in [9.17, 15) is 26.3 Å². The number of hydrogen-bond donors (Lipinski definition) is 0. The minimum atomic E-state index is -4.92. The van der Waals surface area contributed by atoms with Crippen LogP contribution in [0, 0.1) is 0 Å². The molecular formula is C2HF4NaO2S. The number of hydrogen-bond acceptors (Lipinski definition) is 2. The molecular weight excluding hydrogens is 187 g/mol. The fraction of sp³-hybridized carbons (Fsp3) is 1.00. The van der Waals surface area contributed by atoms with Crippen LogP contribution in [0.5, 0.6) is 0 Å².